The van der Waals surface area contributed by atoms with Gasteiger partial charge in [0, 0.05) is 29.8 Å². The maximum Gasteiger partial charge on any atom is 0.335 e. The van der Waals surface area contributed by atoms with Crippen LogP contribution in [-0.4, -0.2) is 43.3 Å². The summed E-state index contributed by atoms with van der Waals surface area (Å²) in [5.41, 5.74) is 7.99. The smallest absolute Gasteiger partial charge is 0.335 e. The highest BCUT2D eigenvalue weighted by Gasteiger charge is 2.39. The van der Waals surface area contributed by atoms with Gasteiger partial charge in [-0.05, 0) is 30.3 Å². The van der Waals surface area contributed by atoms with Gasteiger partial charge in [-0.3, -0.25) is 0 Å². The topological polar surface area (TPSA) is 103 Å². The fraction of sp³-hybridized carbons (Fsp3) is 0.300. The molecule has 2 aromatic rings. The van der Waals surface area contributed by atoms with Gasteiger partial charge in [0.15, 0.2) is 12.1 Å². The summed E-state index contributed by atoms with van der Waals surface area (Å²) in [5.74, 6) is 0.543. The summed E-state index contributed by atoms with van der Waals surface area (Å²) in [6.45, 7) is 0.523. The lowest BCUT2D eigenvalue weighted by Crippen LogP contribution is -2.25. The zero-order valence-corrected chi connectivity index (χ0v) is 15.0. The number of rotatable bonds is 7. The second-order valence-electron chi connectivity index (χ2n) is 6.02. The first kappa shape index (κ1) is 18.7. The molecule has 7 nitrogen and oxygen atoms in total. The normalized spacial score (nSPS) is 18.5. The summed E-state index contributed by atoms with van der Waals surface area (Å²) >= 11 is 0. The second-order valence-corrected chi connectivity index (χ2v) is 6.02. The lowest BCUT2D eigenvalue weighted by Gasteiger charge is -2.18. The monoisotopic (exact) mass is 370 g/mol. The van der Waals surface area contributed by atoms with Crippen molar-refractivity contribution < 1.29 is 24.1 Å². The van der Waals surface area contributed by atoms with Gasteiger partial charge in [0.05, 0.1) is 13.7 Å². The van der Waals surface area contributed by atoms with Crippen molar-refractivity contribution in [1.82, 2.24) is 0 Å². The molecule has 1 heterocycles. The van der Waals surface area contributed by atoms with Gasteiger partial charge in [-0.15, -0.1) is 0 Å². The summed E-state index contributed by atoms with van der Waals surface area (Å²) in [4.78, 5) is 16.6. The number of anilines is 1. The molecular weight excluding hydrogens is 348 g/mol. The summed E-state index contributed by atoms with van der Waals surface area (Å²) in [6.07, 6.45) is -0.0763. The van der Waals surface area contributed by atoms with Gasteiger partial charge in [0.1, 0.15) is 5.75 Å². The van der Waals surface area contributed by atoms with Crippen LogP contribution in [0.1, 0.15) is 23.7 Å². The first-order valence-electron chi connectivity index (χ1n) is 8.65. The number of nitrogen functional groups attached to an aromatic ring is 1. The Labute approximate surface area is 157 Å². The molecule has 3 N–H and O–H groups in total. The van der Waals surface area contributed by atoms with E-state index in [1.165, 1.54) is 7.11 Å². The molecule has 2 atom stereocenters. The summed E-state index contributed by atoms with van der Waals surface area (Å²) in [7, 11) is 1.32. The third-order valence-corrected chi connectivity index (χ3v) is 4.20. The Morgan fingerprint density at radius 2 is 1.96 bits per heavy atom. The van der Waals surface area contributed by atoms with Crippen LogP contribution in [0.25, 0.3) is 0 Å². The number of hydrogen-bond donors (Lipinski definition) is 2. The van der Waals surface area contributed by atoms with Gasteiger partial charge in [-0.1, -0.05) is 18.2 Å². The van der Waals surface area contributed by atoms with E-state index in [2.05, 4.69) is 4.99 Å². The van der Waals surface area contributed by atoms with E-state index in [0.717, 1.165) is 5.56 Å². The third kappa shape index (κ3) is 4.20. The van der Waals surface area contributed by atoms with Crippen LogP contribution in [0.3, 0.4) is 0 Å². The van der Waals surface area contributed by atoms with Crippen molar-refractivity contribution in [3.05, 3.63) is 59.7 Å². The number of carbonyl (C=O) groups is 1. The average molecular weight is 370 g/mol. The van der Waals surface area contributed by atoms with Gasteiger partial charge in [0.2, 0.25) is 5.90 Å². The van der Waals surface area contributed by atoms with Crippen LogP contribution in [-0.2, 0) is 14.3 Å². The number of esters is 1. The minimum Gasteiger partial charge on any atom is -0.494 e. The minimum atomic E-state index is -0.824. The van der Waals surface area contributed by atoms with E-state index in [9.17, 15) is 4.79 Å². The Balaban J connectivity index is 1.82. The SMILES string of the molecule is COC(=O)C1N=C(c2ccc(OCCCO)cc2)OC1c1ccccc1N. The second kappa shape index (κ2) is 8.55. The van der Waals surface area contributed by atoms with Gasteiger partial charge in [0.25, 0.3) is 0 Å². The Hall–Kier alpha value is -3.06. The highest BCUT2D eigenvalue weighted by Crippen LogP contribution is 2.34. The molecule has 0 aliphatic carbocycles. The van der Waals surface area contributed by atoms with Gasteiger partial charge < -0.3 is 25.1 Å². The lowest BCUT2D eigenvalue weighted by molar-refractivity contribution is -0.143. The standard InChI is InChI=1S/C20H22N2O5/c1-25-20(24)17-18(15-5-2-3-6-16(15)21)27-19(22-17)13-7-9-14(10-8-13)26-12-4-11-23/h2-3,5-10,17-18,23H,4,11-12,21H2,1H3. The number of benzene rings is 2. The van der Waals surface area contributed by atoms with Crippen LogP contribution in [0, 0.1) is 0 Å². The third-order valence-electron chi connectivity index (χ3n) is 4.20. The minimum absolute atomic E-state index is 0.0850. The van der Waals surface area contributed by atoms with Crippen LogP contribution in [0.15, 0.2) is 53.5 Å². The van der Waals surface area contributed by atoms with E-state index in [4.69, 9.17) is 25.1 Å². The highest BCUT2D eigenvalue weighted by molar-refractivity contribution is 5.98. The fourth-order valence-electron chi connectivity index (χ4n) is 2.80. The molecule has 3 rings (SSSR count). The molecule has 0 spiro atoms. The van der Waals surface area contributed by atoms with E-state index in [1.807, 2.05) is 18.2 Å². The van der Waals surface area contributed by atoms with E-state index in [0.29, 0.717) is 35.9 Å². The number of ether oxygens (including phenoxy) is 3. The number of hydrogen-bond acceptors (Lipinski definition) is 7. The molecular formula is C20H22N2O5. The maximum absolute atomic E-state index is 12.2. The molecule has 0 aromatic heterocycles. The molecule has 2 aromatic carbocycles. The Morgan fingerprint density at radius 1 is 1.22 bits per heavy atom. The molecule has 1 aliphatic heterocycles. The molecule has 2 unspecified atom stereocenters. The van der Waals surface area contributed by atoms with Crippen LogP contribution >= 0.6 is 0 Å². The van der Waals surface area contributed by atoms with E-state index in [-0.39, 0.29) is 6.61 Å². The molecule has 0 bridgehead atoms. The van der Waals surface area contributed by atoms with Crippen molar-refractivity contribution in [3.63, 3.8) is 0 Å². The van der Waals surface area contributed by atoms with Crippen molar-refractivity contribution in [2.24, 2.45) is 4.99 Å². The first-order valence-corrected chi connectivity index (χ1v) is 8.65. The highest BCUT2D eigenvalue weighted by atomic mass is 16.5. The lowest BCUT2D eigenvalue weighted by atomic mass is 10.0. The zero-order valence-electron chi connectivity index (χ0n) is 15.0. The van der Waals surface area contributed by atoms with Gasteiger partial charge in [-0.25, -0.2) is 9.79 Å². The quantitative estimate of drug-likeness (QED) is 0.439. The maximum atomic E-state index is 12.2. The molecule has 0 amide bonds. The Bertz CT molecular complexity index is 819. The first-order chi connectivity index (χ1) is 13.1. The molecule has 7 heteroatoms. The largest absolute Gasteiger partial charge is 0.494 e. The number of aliphatic imine (C=N–C) groups is 1. The average Bonchev–Trinajstić information content (AvgIpc) is 3.13. The number of aliphatic hydroxyl groups excluding tert-OH is 1. The predicted octanol–water partition coefficient (Wildman–Crippen LogP) is 2.09. The number of carbonyl (C=O) groups excluding carboxylic acids is 1. The fourth-order valence-corrected chi connectivity index (χ4v) is 2.80. The number of para-hydroxylation sites is 1. The molecule has 0 saturated carbocycles. The zero-order chi connectivity index (χ0) is 19.2. The van der Waals surface area contributed by atoms with Crippen LogP contribution in [0.4, 0.5) is 5.69 Å². The van der Waals surface area contributed by atoms with Crippen LogP contribution in [0.5, 0.6) is 5.75 Å². The van der Waals surface area contributed by atoms with Crippen molar-refractivity contribution in [2.45, 2.75) is 18.6 Å². The van der Waals surface area contributed by atoms with Crippen LogP contribution in [0.2, 0.25) is 0 Å². The Kier molecular flexibility index (Phi) is 5.93. The molecule has 1 aliphatic rings. The van der Waals surface area contributed by atoms with E-state index < -0.39 is 18.1 Å². The van der Waals surface area contributed by atoms with Crippen molar-refractivity contribution in [1.29, 1.82) is 0 Å². The van der Waals surface area contributed by atoms with Gasteiger partial charge >= 0.3 is 5.97 Å². The van der Waals surface area contributed by atoms with Crippen molar-refractivity contribution in [3.8, 4) is 5.75 Å². The van der Waals surface area contributed by atoms with E-state index >= 15 is 0 Å². The predicted molar refractivity (Wildman–Crippen MR) is 101 cm³/mol. The van der Waals surface area contributed by atoms with E-state index in [1.54, 1.807) is 30.3 Å². The van der Waals surface area contributed by atoms with Crippen molar-refractivity contribution >= 4 is 17.6 Å². The summed E-state index contributed by atoms with van der Waals surface area (Å²) in [5, 5.41) is 8.80. The molecule has 0 saturated heterocycles. The van der Waals surface area contributed by atoms with Crippen LogP contribution < -0.4 is 10.5 Å². The van der Waals surface area contributed by atoms with Crippen molar-refractivity contribution in [2.75, 3.05) is 26.1 Å². The molecule has 0 fully saturated rings. The number of nitrogens with zero attached hydrogens (tertiary/aromatic N) is 1. The van der Waals surface area contributed by atoms with Gasteiger partial charge in [-0.2, -0.15) is 0 Å². The number of methoxy groups -OCH3 is 1. The Morgan fingerprint density at radius 3 is 2.63 bits per heavy atom. The molecule has 142 valence electrons. The summed E-state index contributed by atoms with van der Waals surface area (Å²) < 4.78 is 16.4. The molecule has 27 heavy (non-hydrogen) atoms. The number of aliphatic hydroxyl groups is 1. The summed E-state index contributed by atoms with van der Waals surface area (Å²) in [6, 6.07) is 13.6. The molecule has 0 radical (unpaired) electrons. The number of nitrogens with two attached hydrogens (primary N) is 1.